The molecule has 146 valence electrons. The Bertz CT molecular complexity index is 810. The molecule has 1 aromatic carbocycles. The van der Waals surface area contributed by atoms with Gasteiger partial charge < -0.3 is 11.2 Å². The molecule has 0 aliphatic heterocycles. The van der Waals surface area contributed by atoms with Gasteiger partial charge in [-0.1, -0.05) is 56.8 Å². The van der Waals surface area contributed by atoms with Crippen molar-refractivity contribution in [2.45, 2.75) is 50.4 Å². The normalized spacial score (nSPS) is 12.5. The number of hydrogen-bond donors (Lipinski definition) is 3. The topological polar surface area (TPSA) is 115 Å². The fourth-order valence-electron chi connectivity index (χ4n) is 2.30. The van der Waals surface area contributed by atoms with E-state index >= 15 is 0 Å². The van der Waals surface area contributed by atoms with E-state index in [0.29, 0.717) is 17.5 Å². The third kappa shape index (κ3) is 5.22. The lowest BCUT2D eigenvalue weighted by atomic mass is 9.87. The number of nitrogens with zero attached hydrogens (tertiary/aromatic N) is 3. The molecule has 27 heavy (non-hydrogen) atoms. The van der Waals surface area contributed by atoms with E-state index in [-0.39, 0.29) is 5.41 Å². The highest BCUT2D eigenvalue weighted by Gasteiger charge is 2.21. The molecule has 0 spiro atoms. The van der Waals surface area contributed by atoms with E-state index in [9.17, 15) is 9.59 Å². The van der Waals surface area contributed by atoms with E-state index in [4.69, 9.17) is 5.84 Å². The number of imide groups is 1. The molecule has 3 amide bonds. The first kappa shape index (κ1) is 20.8. The van der Waals surface area contributed by atoms with Crippen LogP contribution in [0.4, 0.5) is 4.79 Å². The van der Waals surface area contributed by atoms with Crippen LogP contribution in [0.15, 0.2) is 29.4 Å². The minimum absolute atomic E-state index is 0.0583. The molecular weight excluding hydrogens is 364 g/mol. The smallest absolute Gasteiger partial charge is 0.321 e. The number of amides is 3. The summed E-state index contributed by atoms with van der Waals surface area (Å²) in [5.74, 6) is 6.20. The average molecular weight is 391 g/mol. The number of thioether (sulfide) groups is 1. The maximum absolute atomic E-state index is 12.1. The summed E-state index contributed by atoms with van der Waals surface area (Å²) in [5.41, 5.74) is 2.10. The molecule has 1 atom stereocenters. The first-order valence-corrected chi connectivity index (χ1v) is 9.58. The number of nitrogen functional groups attached to an aromatic ring is 1. The number of benzene rings is 1. The lowest BCUT2D eigenvalue weighted by Gasteiger charge is -2.19. The minimum Gasteiger partial charge on any atom is -0.338 e. The molecule has 0 aliphatic rings. The summed E-state index contributed by atoms with van der Waals surface area (Å²) < 4.78 is 1.35. The van der Waals surface area contributed by atoms with Crippen LogP contribution >= 0.6 is 11.8 Å². The van der Waals surface area contributed by atoms with E-state index in [1.54, 1.807) is 13.8 Å². The Morgan fingerprint density at radius 2 is 1.85 bits per heavy atom. The van der Waals surface area contributed by atoms with Gasteiger partial charge in [-0.05, 0) is 24.8 Å². The van der Waals surface area contributed by atoms with Gasteiger partial charge in [-0.3, -0.25) is 10.1 Å². The molecule has 1 heterocycles. The van der Waals surface area contributed by atoms with Gasteiger partial charge in [0.1, 0.15) is 0 Å². The van der Waals surface area contributed by atoms with Gasteiger partial charge in [-0.25, -0.2) is 9.47 Å². The SMILES string of the molecule is CCNC(=O)NC(=O)C(C)Sc1nnc(-c2ccc(C(C)(C)C)cc2)n1N. The summed E-state index contributed by atoms with van der Waals surface area (Å²) in [6.45, 7) is 10.3. The van der Waals surface area contributed by atoms with Crippen LogP contribution in [-0.4, -0.2) is 38.6 Å². The summed E-state index contributed by atoms with van der Waals surface area (Å²) in [7, 11) is 0. The molecule has 2 aromatic rings. The van der Waals surface area contributed by atoms with Gasteiger partial charge in [0, 0.05) is 12.1 Å². The van der Waals surface area contributed by atoms with Crippen molar-refractivity contribution in [2.24, 2.45) is 0 Å². The predicted molar refractivity (Wildman–Crippen MR) is 107 cm³/mol. The molecule has 1 unspecified atom stereocenters. The first-order chi connectivity index (χ1) is 12.6. The predicted octanol–water partition coefficient (Wildman–Crippen LogP) is 2.28. The molecule has 9 heteroatoms. The van der Waals surface area contributed by atoms with Crippen LogP contribution in [0.2, 0.25) is 0 Å². The Balaban J connectivity index is 2.10. The van der Waals surface area contributed by atoms with Gasteiger partial charge >= 0.3 is 6.03 Å². The van der Waals surface area contributed by atoms with Gasteiger partial charge in [0.25, 0.3) is 0 Å². The molecule has 0 saturated carbocycles. The number of hydrogen-bond acceptors (Lipinski definition) is 6. The van der Waals surface area contributed by atoms with Crippen LogP contribution in [0, 0.1) is 0 Å². The fourth-order valence-corrected chi connectivity index (χ4v) is 3.07. The van der Waals surface area contributed by atoms with Crippen molar-refractivity contribution >= 4 is 23.7 Å². The maximum atomic E-state index is 12.1. The Labute approximate surface area is 163 Å². The van der Waals surface area contributed by atoms with Crippen LogP contribution in [0.3, 0.4) is 0 Å². The van der Waals surface area contributed by atoms with E-state index in [1.165, 1.54) is 10.2 Å². The first-order valence-electron chi connectivity index (χ1n) is 8.70. The largest absolute Gasteiger partial charge is 0.338 e. The number of urea groups is 1. The number of nitrogens with two attached hydrogens (primary N) is 1. The van der Waals surface area contributed by atoms with Crippen molar-refractivity contribution in [1.82, 2.24) is 25.5 Å². The number of nitrogens with one attached hydrogen (secondary N) is 2. The number of carbonyl (C=O) groups is 2. The standard InChI is InChI=1S/C18H26N6O2S/c1-6-20-16(26)21-15(25)11(2)27-17-23-22-14(24(17)19)12-7-9-13(10-8-12)18(3,4)5/h7-11H,6,19H2,1-5H3,(H2,20,21,25,26). The van der Waals surface area contributed by atoms with Gasteiger partial charge in [0.05, 0.1) is 5.25 Å². The van der Waals surface area contributed by atoms with E-state index < -0.39 is 17.2 Å². The third-order valence-corrected chi connectivity index (χ3v) is 4.96. The molecular formula is C18H26N6O2S. The Morgan fingerprint density at radius 3 is 2.41 bits per heavy atom. The third-order valence-electron chi connectivity index (χ3n) is 3.90. The van der Waals surface area contributed by atoms with Crippen molar-refractivity contribution in [3.63, 3.8) is 0 Å². The van der Waals surface area contributed by atoms with E-state index in [0.717, 1.165) is 17.3 Å². The highest BCUT2D eigenvalue weighted by molar-refractivity contribution is 8.00. The minimum atomic E-state index is -0.560. The van der Waals surface area contributed by atoms with Crippen molar-refractivity contribution in [3.05, 3.63) is 29.8 Å². The Morgan fingerprint density at radius 1 is 1.22 bits per heavy atom. The average Bonchev–Trinajstić information content (AvgIpc) is 2.95. The number of carbonyl (C=O) groups excluding carboxylic acids is 2. The van der Waals surface area contributed by atoms with Crippen molar-refractivity contribution in [2.75, 3.05) is 12.4 Å². The van der Waals surface area contributed by atoms with Crippen LogP contribution in [-0.2, 0) is 10.2 Å². The second kappa shape index (κ2) is 8.43. The van der Waals surface area contributed by atoms with Crippen molar-refractivity contribution in [3.8, 4) is 11.4 Å². The fraction of sp³-hybridized carbons (Fsp3) is 0.444. The van der Waals surface area contributed by atoms with Crippen molar-refractivity contribution < 1.29 is 9.59 Å². The number of aromatic nitrogens is 3. The highest BCUT2D eigenvalue weighted by atomic mass is 32.2. The lowest BCUT2D eigenvalue weighted by Crippen LogP contribution is -2.42. The number of rotatable bonds is 5. The summed E-state index contributed by atoms with van der Waals surface area (Å²) in [4.78, 5) is 23.5. The van der Waals surface area contributed by atoms with Gasteiger partial charge in [0.2, 0.25) is 11.1 Å². The summed E-state index contributed by atoms with van der Waals surface area (Å²) in [5, 5.41) is 12.8. The van der Waals surface area contributed by atoms with Gasteiger partial charge in [-0.15, -0.1) is 10.2 Å². The summed E-state index contributed by atoms with van der Waals surface area (Å²) in [6.07, 6.45) is 0. The van der Waals surface area contributed by atoms with Crippen LogP contribution in [0.1, 0.15) is 40.2 Å². The van der Waals surface area contributed by atoms with E-state index in [1.807, 2.05) is 24.3 Å². The molecule has 0 radical (unpaired) electrons. The second-order valence-corrected chi connectivity index (χ2v) is 8.42. The molecule has 0 aliphatic carbocycles. The summed E-state index contributed by atoms with van der Waals surface area (Å²) >= 11 is 1.13. The molecule has 2 rings (SSSR count). The van der Waals surface area contributed by atoms with Crippen molar-refractivity contribution in [1.29, 1.82) is 0 Å². The monoisotopic (exact) mass is 390 g/mol. The molecule has 0 bridgehead atoms. The molecule has 0 fully saturated rings. The second-order valence-electron chi connectivity index (χ2n) is 7.11. The van der Waals surface area contributed by atoms with Gasteiger partial charge in [-0.2, -0.15) is 0 Å². The van der Waals surface area contributed by atoms with Crippen LogP contribution in [0.5, 0.6) is 0 Å². The molecule has 8 nitrogen and oxygen atoms in total. The Kier molecular flexibility index (Phi) is 6.48. The molecule has 0 saturated heterocycles. The maximum Gasteiger partial charge on any atom is 0.321 e. The molecule has 4 N–H and O–H groups in total. The highest BCUT2D eigenvalue weighted by Crippen LogP contribution is 2.27. The lowest BCUT2D eigenvalue weighted by molar-refractivity contribution is -0.119. The zero-order chi connectivity index (χ0) is 20.2. The Hall–Kier alpha value is -2.55. The summed E-state index contributed by atoms with van der Waals surface area (Å²) in [6, 6.07) is 7.46. The van der Waals surface area contributed by atoms with Crippen LogP contribution in [0.25, 0.3) is 11.4 Å². The zero-order valence-corrected chi connectivity index (χ0v) is 17.1. The van der Waals surface area contributed by atoms with Gasteiger partial charge in [0.15, 0.2) is 5.82 Å². The molecule has 1 aromatic heterocycles. The van der Waals surface area contributed by atoms with E-state index in [2.05, 4.69) is 41.6 Å². The quantitative estimate of drug-likeness (QED) is 0.533. The van der Waals surface area contributed by atoms with Crippen LogP contribution < -0.4 is 16.5 Å². The zero-order valence-electron chi connectivity index (χ0n) is 16.2.